The molecule has 0 radical (unpaired) electrons. The van der Waals surface area contributed by atoms with Gasteiger partial charge in [0.1, 0.15) is 0 Å². The van der Waals surface area contributed by atoms with Gasteiger partial charge in [-0.25, -0.2) is 0 Å². The van der Waals surface area contributed by atoms with Gasteiger partial charge in [-0.2, -0.15) is 0 Å². The van der Waals surface area contributed by atoms with Crippen LogP contribution in [-0.2, 0) is 0 Å². The number of anilines is 1. The van der Waals surface area contributed by atoms with E-state index in [9.17, 15) is 4.79 Å². The first-order chi connectivity index (χ1) is 6.81. The Morgan fingerprint density at radius 2 is 2.42 bits per heavy atom. The van der Waals surface area contributed by atoms with Crippen LogP contribution < -0.4 is 11.1 Å². The maximum Gasteiger partial charge on any atom is 0.253 e. The molecule has 0 unspecified atom stereocenters. The van der Waals surface area contributed by atoms with Gasteiger partial charge in [0.05, 0.1) is 5.56 Å². The van der Waals surface area contributed by atoms with Crippen LogP contribution in [0.25, 0.3) is 0 Å². The average molecular weight is 167 g/mol. The minimum Gasteiger partial charge on any atom is -0.398 e. The molecule has 0 aliphatic rings. The summed E-state index contributed by atoms with van der Waals surface area (Å²) in [4.78, 5) is 11.5. The average Bonchev–Trinajstić information content (AvgIpc) is 2.06. The first-order valence-electron chi connectivity index (χ1n) is 4.99. The number of carbonyl (C=O) groups is 1. The van der Waals surface area contributed by atoms with Gasteiger partial charge in [0.25, 0.3) is 5.91 Å². The molecule has 12 heavy (non-hydrogen) atoms. The van der Waals surface area contributed by atoms with Gasteiger partial charge < -0.3 is 11.1 Å². The van der Waals surface area contributed by atoms with E-state index in [4.69, 9.17) is 9.85 Å². The third kappa shape index (κ3) is 1.39. The van der Waals surface area contributed by atoms with E-state index in [-0.39, 0.29) is 5.56 Å². The highest BCUT2D eigenvalue weighted by Gasteiger charge is 2.07. The summed E-state index contributed by atoms with van der Waals surface area (Å²) in [7, 11) is 0. The summed E-state index contributed by atoms with van der Waals surface area (Å²) in [5.74, 6) is -0.684. The molecule has 0 atom stereocenters. The molecule has 0 aliphatic heterocycles. The van der Waals surface area contributed by atoms with E-state index in [1.54, 1.807) is 19.1 Å². The topological polar surface area (TPSA) is 55.1 Å². The second-order valence-electron chi connectivity index (χ2n) is 2.49. The number of nitrogens with one attached hydrogen (secondary N) is 1. The third-order valence-corrected chi connectivity index (χ3v) is 1.68. The van der Waals surface area contributed by atoms with Gasteiger partial charge in [0, 0.05) is 16.8 Å². The molecular formula is C9H12N2O. The molecule has 0 fully saturated rings. The number of para-hydroxylation sites is 1. The Morgan fingerprint density at radius 1 is 1.67 bits per heavy atom. The lowest BCUT2D eigenvalue weighted by Gasteiger charge is -2.05. The van der Waals surface area contributed by atoms with Crippen LogP contribution in [0.1, 0.15) is 20.0 Å². The predicted octanol–water partition coefficient (Wildman–Crippen LogP) is 0.937. The van der Waals surface area contributed by atoms with Crippen molar-refractivity contribution >= 4 is 11.6 Å². The molecule has 3 heteroatoms. The lowest BCUT2D eigenvalue weighted by molar-refractivity contribution is 0.0964. The van der Waals surface area contributed by atoms with E-state index in [0.717, 1.165) is 5.56 Å². The molecule has 0 bridgehead atoms. The zero-order valence-electron chi connectivity index (χ0n) is 9.72. The number of hydrogen-bond acceptors (Lipinski definition) is 2. The maximum atomic E-state index is 11.5. The standard InChI is InChI=1S/C9H12N2O/c1-6-4-3-5-7(8(6)10)9(12)11-2/h3-5H,10H2,1-2H3,(H,11,12)/i2D3. The van der Waals surface area contributed by atoms with Gasteiger partial charge >= 0.3 is 0 Å². The highest BCUT2D eigenvalue weighted by atomic mass is 16.1. The summed E-state index contributed by atoms with van der Waals surface area (Å²) in [6, 6.07) is 4.89. The summed E-state index contributed by atoms with van der Waals surface area (Å²) >= 11 is 0. The van der Waals surface area contributed by atoms with Crippen LogP contribution in [0, 0.1) is 6.92 Å². The van der Waals surface area contributed by atoms with Gasteiger partial charge in [-0.05, 0) is 18.6 Å². The molecule has 1 amide bonds. The van der Waals surface area contributed by atoms with Crippen molar-refractivity contribution in [3.63, 3.8) is 0 Å². The molecule has 1 aromatic rings. The minimum atomic E-state index is -2.49. The first-order valence-corrected chi connectivity index (χ1v) is 3.49. The normalized spacial score (nSPS) is 14.2. The van der Waals surface area contributed by atoms with Crippen LogP contribution in [0.5, 0.6) is 0 Å². The van der Waals surface area contributed by atoms with Crippen LogP contribution >= 0.6 is 0 Å². The molecular weight excluding hydrogens is 152 g/mol. The van der Waals surface area contributed by atoms with Crippen LogP contribution in [0.3, 0.4) is 0 Å². The number of amides is 1. The fraction of sp³-hybridized carbons (Fsp3) is 0.222. The monoisotopic (exact) mass is 167 g/mol. The highest BCUT2D eigenvalue weighted by molar-refractivity contribution is 5.99. The van der Waals surface area contributed by atoms with Crippen LogP contribution in [0.4, 0.5) is 5.69 Å². The smallest absolute Gasteiger partial charge is 0.253 e. The largest absolute Gasteiger partial charge is 0.398 e. The van der Waals surface area contributed by atoms with E-state index in [1.807, 2.05) is 5.32 Å². The molecule has 3 nitrogen and oxygen atoms in total. The van der Waals surface area contributed by atoms with Crippen molar-refractivity contribution < 1.29 is 8.91 Å². The Bertz CT molecular complexity index is 387. The van der Waals surface area contributed by atoms with Crippen molar-refractivity contribution in [1.82, 2.24) is 5.32 Å². The molecule has 0 saturated heterocycles. The summed E-state index contributed by atoms with van der Waals surface area (Å²) in [6.45, 7) is -0.741. The summed E-state index contributed by atoms with van der Waals surface area (Å²) in [6.07, 6.45) is 0. The second kappa shape index (κ2) is 3.26. The number of hydrogen-bond donors (Lipinski definition) is 2. The van der Waals surface area contributed by atoms with Gasteiger partial charge in [-0.15, -0.1) is 0 Å². The Morgan fingerprint density at radius 3 is 3.08 bits per heavy atom. The summed E-state index contributed by atoms with van der Waals surface area (Å²) < 4.78 is 20.7. The number of nitrogen functional groups attached to an aromatic ring is 1. The van der Waals surface area contributed by atoms with Crippen LogP contribution in [0.15, 0.2) is 18.2 Å². The van der Waals surface area contributed by atoms with Crippen LogP contribution in [-0.4, -0.2) is 12.9 Å². The van der Waals surface area contributed by atoms with Crippen molar-refractivity contribution in [3.05, 3.63) is 29.3 Å². The lowest BCUT2D eigenvalue weighted by Crippen LogP contribution is -2.19. The highest BCUT2D eigenvalue weighted by Crippen LogP contribution is 2.15. The molecule has 0 aromatic heterocycles. The molecule has 64 valence electrons. The van der Waals surface area contributed by atoms with Crippen molar-refractivity contribution in [3.8, 4) is 0 Å². The number of benzene rings is 1. The van der Waals surface area contributed by atoms with Gasteiger partial charge in [-0.3, -0.25) is 4.79 Å². The van der Waals surface area contributed by atoms with E-state index in [2.05, 4.69) is 0 Å². The fourth-order valence-electron chi connectivity index (χ4n) is 0.946. The Labute approximate surface area is 75.8 Å². The predicted molar refractivity (Wildman–Crippen MR) is 49.0 cm³/mol. The van der Waals surface area contributed by atoms with Crippen molar-refractivity contribution in [1.29, 1.82) is 0 Å². The van der Waals surface area contributed by atoms with E-state index >= 15 is 0 Å². The zero-order chi connectivity index (χ0) is 11.6. The van der Waals surface area contributed by atoms with Crippen LogP contribution in [0.2, 0.25) is 0 Å². The first kappa shape index (κ1) is 5.19. The molecule has 1 rings (SSSR count). The molecule has 0 saturated carbocycles. The summed E-state index contributed by atoms with van der Waals surface area (Å²) in [5, 5.41) is 1.88. The minimum absolute atomic E-state index is 0.186. The third-order valence-electron chi connectivity index (χ3n) is 1.68. The van der Waals surface area contributed by atoms with Crippen molar-refractivity contribution in [2.45, 2.75) is 6.92 Å². The Kier molecular flexibility index (Phi) is 1.41. The molecule has 0 spiro atoms. The maximum absolute atomic E-state index is 11.5. The molecule has 0 heterocycles. The molecule has 3 N–H and O–H groups in total. The lowest BCUT2D eigenvalue weighted by atomic mass is 10.1. The van der Waals surface area contributed by atoms with E-state index in [0.29, 0.717) is 5.69 Å². The van der Waals surface area contributed by atoms with Gasteiger partial charge in [0.15, 0.2) is 0 Å². The van der Waals surface area contributed by atoms with E-state index in [1.165, 1.54) is 6.07 Å². The van der Waals surface area contributed by atoms with Crippen molar-refractivity contribution in [2.75, 3.05) is 12.7 Å². The van der Waals surface area contributed by atoms with Crippen molar-refractivity contribution in [2.24, 2.45) is 0 Å². The fourth-order valence-corrected chi connectivity index (χ4v) is 0.946. The summed E-state index contributed by atoms with van der Waals surface area (Å²) in [5.41, 5.74) is 6.89. The second-order valence-corrected chi connectivity index (χ2v) is 2.49. The van der Waals surface area contributed by atoms with E-state index < -0.39 is 12.9 Å². The Balaban J connectivity index is 2.97. The SMILES string of the molecule is [2H]C([2H])([2H])NC(=O)c1cccc(C)c1N. The number of nitrogens with two attached hydrogens (primary N) is 1. The number of aryl methyl sites for hydroxylation is 1. The zero-order valence-corrected chi connectivity index (χ0v) is 6.72. The number of carbonyl (C=O) groups excluding carboxylic acids is 1. The van der Waals surface area contributed by atoms with Gasteiger partial charge in [-0.1, -0.05) is 12.1 Å². The quantitative estimate of drug-likeness (QED) is 0.611. The Hall–Kier alpha value is -1.51. The number of rotatable bonds is 1. The van der Waals surface area contributed by atoms with Gasteiger partial charge in [0.2, 0.25) is 0 Å². The molecule has 0 aliphatic carbocycles. The molecule has 1 aromatic carbocycles.